The molecule has 1 aliphatic rings. The van der Waals surface area contributed by atoms with Crippen molar-refractivity contribution in [2.75, 3.05) is 12.4 Å². The zero-order chi connectivity index (χ0) is 21.1. The van der Waals surface area contributed by atoms with Crippen molar-refractivity contribution in [1.29, 1.82) is 0 Å². The number of aromatic nitrogens is 4. The van der Waals surface area contributed by atoms with Crippen LogP contribution >= 0.6 is 11.6 Å². The van der Waals surface area contributed by atoms with E-state index in [1.807, 2.05) is 0 Å². The number of fused-ring (bicyclic) bond motifs is 1. The third kappa shape index (κ3) is 4.40. The summed E-state index contributed by atoms with van der Waals surface area (Å²) in [6, 6.07) is 4.48. The average molecular weight is 432 g/mol. The highest BCUT2D eigenvalue weighted by molar-refractivity contribution is 6.31. The molecule has 0 atom stereocenters. The van der Waals surface area contributed by atoms with E-state index >= 15 is 0 Å². The van der Waals surface area contributed by atoms with Crippen LogP contribution in [0.1, 0.15) is 25.7 Å². The van der Waals surface area contributed by atoms with Crippen LogP contribution in [0.2, 0.25) is 5.02 Å². The van der Waals surface area contributed by atoms with E-state index in [0.29, 0.717) is 48.2 Å². The summed E-state index contributed by atoms with van der Waals surface area (Å²) in [6.07, 6.45) is 5.69. The predicted molar refractivity (Wildman–Crippen MR) is 108 cm³/mol. The number of esters is 1. The minimum atomic E-state index is -0.505. The van der Waals surface area contributed by atoms with Gasteiger partial charge >= 0.3 is 12.0 Å². The molecule has 0 unspecified atom stereocenters. The second-order valence-corrected chi connectivity index (χ2v) is 7.38. The Morgan fingerprint density at radius 2 is 2.00 bits per heavy atom. The lowest BCUT2D eigenvalue weighted by atomic mass is 9.87. The van der Waals surface area contributed by atoms with Crippen LogP contribution in [-0.2, 0) is 9.53 Å². The first-order valence-electron chi connectivity index (χ1n) is 9.48. The van der Waals surface area contributed by atoms with Gasteiger partial charge in [-0.05, 0) is 43.9 Å². The number of hydrogen-bond acceptors (Lipinski definition) is 8. The zero-order valence-electron chi connectivity index (χ0n) is 16.1. The van der Waals surface area contributed by atoms with Crippen LogP contribution in [0.15, 0.2) is 30.7 Å². The lowest BCUT2D eigenvalue weighted by molar-refractivity contribution is -0.147. The van der Waals surface area contributed by atoms with Gasteiger partial charge in [-0.15, -0.1) is 0 Å². The largest absolute Gasteiger partial charge is 0.469 e. The average Bonchev–Trinajstić information content (AvgIpc) is 2.77. The molecule has 0 bridgehead atoms. The molecule has 3 aromatic rings. The fraction of sp³-hybridized carbons (Fsp3) is 0.350. The topological polar surface area (TPSA) is 99.1 Å². The molecule has 0 radical (unpaired) electrons. The van der Waals surface area contributed by atoms with Crippen molar-refractivity contribution in [2.45, 2.75) is 31.8 Å². The number of carbonyl (C=O) groups excluding carboxylic acids is 1. The predicted octanol–water partition coefficient (Wildman–Crippen LogP) is 4.07. The number of hydrogen-bond donors (Lipinski definition) is 1. The molecule has 0 spiro atoms. The molecule has 0 aliphatic heterocycles. The molecule has 30 heavy (non-hydrogen) atoms. The fourth-order valence-corrected chi connectivity index (χ4v) is 3.61. The normalized spacial score (nSPS) is 18.8. The molecule has 4 rings (SSSR count). The van der Waals surface area contributed by atoms with E-state index in [4.69, 9.17) is 21.1 Å². The van der Waals surface area contributed by atoms with Crippen LogP contribution in [0, 0.1) is 11.7 Å². The van der Waals surface area contributed by atoms with Crippen molar-refractivity contribution in [2.24, 2.45) is 5.92 Å². The minimum absolute atomic E-state index is 0.000401. The fourth-order valence-electron chi connectivity index (χ4n) is 3.43. The third-order valence-electron chi connectivity index (χ3n) is 5.02. The Bertz CT molecular complexity index is 1080. The first-order valence-corrected chi connectivity index (χ1v) is 9.85. The Kier molecular flexibility index (Phi) is 5.89. The quantitative estimate of drug-likeness (QED) is 0.603. The summed E-state index contributed by atoms with van der Waals surface area (Å²) >= 11 is 5.85. The summed E-state index contributed by atoms with van der Waals surface area (Å²) in [6.45, 7) is 0. The van der Waals surface area contributed by atoms with Crippen molar-refractivity contribution in [3.8, 4) is 6.01 Å². The maximum atomic E-state index is 13.4. The zero-order valence-corrected chi connectivity index (χ0v) is 16.9. The van der Waals surface area contributed by atoms with Crippen LogP contribution < -0.4 is 10.1 Å². The van der Waals surface area contributed by atoms with Gasteiger partial charge in [0, 0.05) is 5.69 Å². The number of carbonyl (C=O) groups is 1. The Balaban J connectivity index is 1.51. The number of benzene rings is 1. The van der Waals surface area contributed by atoms with Gasteiger partial charge in [-0.3, -0.25) is 4.79 Å². The van der Waals surface area contributed by atoms with Gasteiger partial charge in [0.05, 0.1) is 24.2 Å². The van der Waals surface area contributed by atoms with Gasteiger partial charge < -0.3 is 14.8 Å². The second-order valence-electron chi connectivity index (χ2n) is 6.98. The van der Waals surface area contributed by atoms with Crippen molar-refractivity contribution in [1.82, 2.24) is 19.9 Å². The van der Waals surface area contributed by atoms with E-state index in [1.54, 1.807) is 12.3 Å². The Hall–Kier alpha value is -3.07. The van der Waals surface area contributed by atoms with E-state index in [0.717, 1.165) is 0 Å². The molecule has 1 aromatic carbocycles. The van der Waals surface area contributed by atoms with Crippen molar-refractivity contribution in [3.05, 3.63) is 41.6 Å². The summed E-state index contributed by atoms with van der Waals surface area (Å²) in [5.74, 6) is -0.345. The second kappa shape index (κ2) is 8.74. The molecular weight excluding hydrogens is 413 g/mol. The summed E-state index contributed by atoms with van der Waals surface area (Å²) in [4.78, 5) is 28.8. The van der Waals surface area contributed by atoms with E-state index < -0.39 is 5.82 Å². The van der Waals surface area contributed by atoms with Gasteiger partial charge in [-0.2, -0.15) is 4.98 Å². The van der Waals surface area contributed by atoms with Crippen molar-refractivity contribution < 1.29 is 18.7 Å². The molecule has 156 valence electrons. The highest BCUT2D eigenvalue weighted by Crippen LogP contribution is 2.29. The molecule has 1 fully saturated rings. The Morgan fingerprint density at radius 1 is 1.20 bits per heavy atom. The molecule has 2 aromatic heterocycles. The van der Waals surface area contributed by atoms with Crippen LogP contribution in [0.25, 0.3) is 11.0 Å². The van der Waals surface area contributed by atoms with Gasteiger partial charge in [0.15, 0.2) is 5.82 Å². The maximum Gasteiger partial charge on any atom is 0.317 e. The Labute approximate surface area is 176 Å². The summed E-state index contributed by atoms with van der Waals surface area (Å²) in [7, 11) is 1.40. The molecular formula is C20H19ClFN5O3. The number of rotatable bonds is 5. The molecule has 2 heterocycles. The molecule has 1 N–H and O–H groups in total. The van der Waals surface area contributed by atoms with Gasteiger partial charge in [-0.25, -0.2) is 19.3 Å². The summed E-state index contributed by atoms with van der Waals surface area (Å²) in [5, 5.41) is 3.07. The smallest absolute Gasteiger partial charge is 0.317 e. The van der Waals surface area contributed by atoms with Crippen molar-refractivity contribution in [3.63, 3.8) is 0 Å². The number of anilines is 2. The number of nitrogens with zero attached hydrogens (tertiary/aromatic N) is 4. The molecule has 1 aliphatic carbocycles. The highest BCUT2D eigenvalue weighted by Gasteiger charge is 2.28. The van der Waals surface area contributed by atoms with E-state index in [-0.39, 0.29) is 29.0 Å². The maximum absolute atomic E-state index is 13.4. The Morgan fingerprint density at radius 3 is 2.73 bits per heavy atom. The first-order chi connectivity index (χ1) is 14.5. The number of halogens is 2. The monoisotopic (exact) mass is 431 g/mol. The first kappa shape index (κ1) is 20.2. The van der Waals surface area contributed by atoms with Crippen LogP contribution in [0.4, 0.5) is 15.9 Å². The van der Waals surface area contributed by atoms with Gasteiger partial charge in [0.25, 0.3) is 0 Å². The van der Waals surface area contributed by atoms with Gasteiger partial charge in [-0.1, -0.05) is 11.6 Å². The van der Waals surface area contributed by atoms with Crippen LogP contribution in [0.5, 0.6) is 6.01 Å². The standard InChI is InChI=1S/C20H19ClFN5O3/c1-29-19(28)11-2-5-13(6-3-11)30-20-23-9-16-17(27-20)18(25-10-24-16)26-12-4-7-15(22)14(21)8-12/h4,7-11,13H,2-3,5-6H2,1H3,(H,24,25,26)/t11-,13-. The summed E-state index contributed by atoms with van der Waals surface area (Å²) in [5.41, 5.74) is 1.55. The SMILES string of the molecule is COC(=O)[C@H]1CC[C@H](Oc2ncc3ncnc(Nc4ccc(F)c(Cl)c4)c3n2)CC1. The van der Waals surface area contributed by atoms with Gasteiger partial charge in [0.2, 0.25) is 0 Å². The minimum Gasteiger partial charge on any atom is -0.469 e. The number of nitrogens with one attached hydrogen (secondary N) is 1. The lowest BCUT2D eigenvalue weighted by Gasteiger charge is -2.26. The van der Waals surface area contributed by atoms with E-state index in [9.17, 15) is 9.18 Å². The molecule has 10 heteroatoms. The molecule has 0 saturated heterocycles. The lowest BCUT2D eigenvalue weighted by Crippen LogP contribution is -2.29. The van der Waals surface area contributed by atoms with Crippen LogP contribution in [-0.4, -0.2) is 39.1 Å². The van der Waals surface area contributed by atoms with Crippen molar-refractivity contribution >= 4 is 40.1 Å². The summed E-state index contributed by atoms with van der Waals surface area (Å²) < 4.78 is 24.2. The van der Waals surface area contributed by atoms with E-state index in [2.05, 4.69) is 25.3 Å². The third-order valence-corrected chi connectivity index (χ3v) is 5.31. The van der Waals surface area contributed by atoms with Gasteiger partial charge in [0.1, 0.15) is 29.3 Å². The highest BCUT2D eigenvalue weighted by atomic mass is 35.5. The molecule has 8 nitrogen and oxygen atoms in total. The number of methoxy groups -OCH3 is 1. The number of ether oxygens (including phenoxy) is 2. The molecule has 0 amide bonds. The molecule has 1 saturated carbocycles. The van der Waals surface area contributed by atoms with E-state index in [1.165, 1.54) is 25.6 Å². The van der Waals surface area contributed by atoms with Crippen LogP contribution in [0.3, 0.4) is 0 Å².